The monoisotopic (exact) mass is 502 g/mol. The second-order valence-corrected chi connectivity index (χ2v) is 10.3. The van der Waals surface area contributed by atoms with Gasteiger partial charge in [-0.2, -0.15) is 5.10 Å². The Hall–Kier alpha value is -3.59. The van der Waals surface area contributed by atoms with Crippen LogP contribution < -0.4 is 15.4 Å². The minimum Gasteiger partial charge on any atom is -0.457 e. The van der Waals surface area contributed by atoms with Gasteiger partial charge in [-0.1, -0.05) is 68.9 Å². The molecule has 186 valence electrons. The van der Waals surface area contributed by atoms with Crippen LogP contribution in [-0.2, 0) is 11.3 Å². The van der Waals surface area contributed by atoms with Crippen molar-refractivity contribution in [2.24, 2.45) is 5.92 Å². The van der Waals surface area contributed by atoms with Crippen LogP contribution in [0.4, 0.5) is 5.82 Å². The van der Waals surface area contributed by atoms with Crippen molar-refractivity contribution in [3.8, 4) is 11.5 Å². The van der Waals surface area contributed by atoms with E-state index in [2.05, 4.69) is 36.5 Å². The summed E-state index contributed by atoms with van der Waals surface area (Å²) < 4.78 is 7.87. The number of carbonyl (C=O) groups excluding carboxylic acids is 1. The zero-order valence-electron chi connectivity index (χ0n) is 20.7. The first kappa shape index (κ1) is 24.1. The number of hydrogen-bond acceptors (Lipinski definition) is 7. The highest BCUT2D eigenvalue weighted by atomic mass is 32.2. The van der Waals surface area contributed by atoms with Gasteiger partial charge in [-0.15, -0.1) is 0 Å². The second-order valence-electron chi connectivity index (χ2n) is 9.07. The molecule has 9 heteroatoms. The van der Waals surface area contributed by atoms with Crippen LogP contribution in [0.3, 0.4) is 0 Å². The summed E-state index contributed by atoms with van der Waals surface area (Å²) in [6.07, 6.45) is 1.80. The number of hydrogen-bond donors (Lipinski definition) is 2. The van der Waals surface area contributed by atoms with Crippen molar-refractivity contribution in [2.45, 2.75) is 38.4 Å². The van der Waals surface area contributed by atoms with E-state index in [1.165, 1.54) is 0 Å². The van der Waals surface area contributed by atoms with Crippen LogP contribution in [-0.4, -0.2) is 44.5 Å². The van der Waals surface area contributed by atoms with Crippen LogP contribution >= 0.6 is 11.8 Å². The zero-order valence-corrected chi connectivity index (χ0v) is 21.5. The third-order valence-corrected chi connectivity index (χ3v) is 6.72. The number of para-hydroxylation sites is 2. The normalized spacial score (nSPS) is 12.8. The minimum absolute atomic E-state index is 0.0641. The molecule has 0 fully saturated rings. The number of nitrogens with zero attached hydrogens (tertiary/aromatic N) is 4. The number of nitrogens with one attached hydrogen (secondary N) is 2. The molecule has 1 aliphatic rings. The van der Waals surface area contributed by atoms with E-state index in [9.17, 15) is 4.79 Å². The first-order valence-corrected chi connectivity index (χ1v) is 13.3. The van der Waals surface area contributed by atoms with Crippen molar-refractivity contribution in [2.75, 3.05) is 24.2 Å². The summed E-state index contributed by atoms with van der Waals surface area (Å²) in [4.78, 5) is 22.9. The largest absolute Gasteiger partial charge is 0.457 e. The van der Waals surface area contributed by atoms with E-state index >= 15 is 0 Å². The summed E-state index contributed by atoms with van der Waals surface area (Å²) in [6, 6.07) is 15.4. The number of benzene rings is 2. The average Bonchev–Trinajstić information content (AvgIpc) is 3.28. The molecular weight excluding hydrogens is 472 g/mol. The molecule has 1 amide bonds. The Labute approximate surface area is 214 Å². The highest BCUT2D eigenvalue weighted by Gasteiger charge is 2.32. The van der Waals surface area contributed by atoms with Crippen LogP contribution in [0.25, 0.3) is 11.0 Å². The van der Waals surface area contributed by atoms with Gasteiger partial charge in [-0.05, 0) is 23.8 Å². The van der Waals surface area contributed by atoms with Crippen LogP contribution in [0.15, 0.2) is 59.9 Å². The highest BCUT2D eigenvalue weighted by Crippen LogP contribution is 2.43. The Balaban J connectivity index is 1.34. The fraction of sp³-hybridized carbons (Fsp3) is 0.333. The lowest BCUT2D eigenvalue weighted by atomic mass is 9.87. The molecule has 0 saturated heterocycles. The molecule has 0 atom stereocenters. The van der Waals surface area contributed by atoms with Gasteiger partial charge >= 0.3 is 0 Å². The molecule has 2 N–H and O–H groups in total. The minimum atomic E-state index is -0.428. The average molecular weight is 503 g/mol. The first-order chi connectivity index (χ1) is 17.5. The van der Waals surface area contributed by atoms with Gasteiger partial charge in [-0.3, -0.25) is 4.79 Å². The molecule has 0 aliphatic carbocycles. The third kappa shape index (κ3) is 4.88. The number of rotatable bonds is 9. The van der Waals surface area contributed by atoms with Crippen molar-refractivity contribution in [3.05, 3.63) is 65.9 Å². The zero-order chi connectivity index (χ0) is 25.1. The number of aromatic nitrogens is 4. The second kappa shape index (κ2) is 10.6. The van der Waals surface area contributed by atoms with E-state index in [1.54, 1.807) is 18.0 Å². The molecule has 0 saturated carbocycles. The standard InChI is InChI=1S/C27H30N6O2S/c1-4-36-27-31-24(29-15-17(2)3)20-16-30-33(25(20)32-27)14-13-28-26(34)23-18-9-5-7-11-21(18)35-22-12-8-6-10-19(22)23/h5-12,16-17,23H,4,13-15H2,1-3H3,(H,28,34)(H,29,31,32). The Kier molecular flexibility index (Phi) is 7.09. The van der Waals surface area contributed by atoms with E-state index in [4.69, 9.17) is 14.7 Å². The van der Waals surface area contributed by atoms with Gasteiger partial charge in [0.05, 0.1) is 24.0 Å². The van der Waals surface area contributed by atoms with Crippen molar-refractivity contribution < 1.29 is 9.53 Å². The number of fused-ring (bicyclic) bond motifs is 3. The summed E-state index contributed by atoms with van der Waals surface area (Å²) in [5, 5.41) is 12.7. The van der Waals surface area contributed by atoms with E-state index in [-0.39, 0.29) is 5.91 Å². The quantitative estimate of drug-likeness (QED) is 0.244. The lowest BCUT2D eigenvalue weighted by Crippen LogP contribution is -2.33. The fourth-order valence-electron chi connectivity index (χ4n) is 4.31. The number of amides is 1. The van der Waals surface area contributed by atoms with Gasteiger partial charge in [0.1, 0.15) is 17.3 Å². The van der Waals surface area contributed by atoms with E-state index in [0.29, 0.717) is 30.5 Å². The number of thioether (sulfide) groups is 1. The molecule has 1 aliphatic heterocycles. The molecule has 0 unspecified atom stereocenters. The predicted octanol–water partition coefficient (Wildman–Crippen LogP) is 5.06. The lowest BCUT2D eigenvalue weighted by molar-refractivity contribution is -0.121. The van der Waals surface area contributed by atoms with Crippen LogP contribution in [0.1, 0.15) is 37.8 Å². The molecule has 5 rings (SSSR count). The van der Waals surface area contributed by atoms with Crippen LogP contribution in [0, 0.1) is 5.92 Å². The molecule has 8 nitrogen and oxygen atoms in total. The fourth-order valence-corrected chi connectivity index (χ4v) is 4.87. The Morgan fingerprint density at radius 2 is 1.78 bits per heavy atom. The number of ether oxygens (including phenoxy) is 1. The summed E-state index contributed by atoms with van der Waals surface area (Å²) in [5.74, 6) is 3.11. The number of anilines is 1. The molecular formula is C27H30N6O2S. The maximum atomic E-state index is 13.4. The van der Waals surface area contributed by atoms with Gasteiger partial charge in [0.2, 0.25) is 5.91 Å². The highest BCUT2D eigenvalue weighted by molar-refractivity contribution is 7.99. The smallest absolute Gasteiger partial charge is 0.232 e. The molecule has 36 heavy (non-hydrogen) atoms. The lowest BCUT2D eigenvalue weighted by Gasteiger charge is -2.27. The van der Waals surface area contributed by atoms with E-state index in [0.717, 1.165) is 45.4 Å². The van der Waals surface area contributed by atoms with Gasteiger partial charge < -0.3 is 15.4 Å². The summed E-state index contributed by atoms with van der Waals surface area (Å²) in [6.45, 7) is 8.14. The molecule has 4 aromatic rings. The van der Waals surface area contributed by atoms with Crippen molar-refractivity contribution in [3.63, 3.8) is 0 Å². The molecule has 3 heterocycles. The van der Waals surface area contributed by atoms with Gasteiger partial charge in [0.25, 0.3) is 0 Å². The third-order valence-electron chi connectivity index (χ3n) is 5.99. The van der Waals surface area contributed by atoms with Crippen LogP contribution in [0.5, 0.6) is 11.5 Å². The molecule has 0 bridgehead atoms. The molecule has 2 aromatic carbocycles. The Morgan fingerprint density at radius 1 is 1.08 bits per heavy atom. The molecule has 0 radical (unpaired) electrons. The van der Waals surface area contributed by atoms with Crippen molar-refractivity contribution >= 4 is 34.5 Å². The van der Waals surface area contributed by atoms with Crippen molar-refractivity contribution in [1.82, 2.24) is 25.1 Å². The van der Waals surface area contributed by atoms with Crippen molar-refractivity contribution in [1.29, 1.82) is 0 Å². The predicted molar refractivity (Wildman–Crippen MR) is 143 cm³/mol. The first-order valence-electron chi connectivity index (χ1n) is 12.3. The van der Waals surface area contributed by atoms with Crippen LogP contribution in [0.2, 0.25) is 0 Å². The molecule has 0 spiro atoms. The maximum absolute atomic E-state index is 13.4. The Bertz CT molecular complexity index is 1340. The summed E-state index contributed by atoms with van der Waals surface area (Å²) in [7, 11) is 0. The van der Waals surface area contributed by atoms with Gasteiger partial charge in [0.15, 0.2) is 10.8 Å². The SMILES string of the molecule is CCSc1nc(NCC(C)C)c2cnn(CCNC(=O)C3c4ccccc4Oc4ccccc43)c2n1. The van der Waals surface area contributed by atoms with Gasteiger partial charge in [-0.25, -0.2) is 14.6 Å². The Morgan fingerprint density at radius 3 is 2.44 bits per heavy atom. The van der Waals surface area contributed by atoms with Gasteiger partial charge in [0, 0.05) is 24.2 Å². The summed E-state index contributed by atoms with van der Waals surface area (Å²) in [5.41, 5.74) is 2.50. The topological polar surface area (TPSA) is 94.0 Å². The van der Waals surface area contributed by atoms with E-state index in [1.807, 2.05) is 53.2 Å². The maximum Gasteiger partial charge on any atom is 0.232 e. The van der Waals surface area contributed by atoms with E-state index < -0.39 is 5.92 Å². The summed E-state index contributed by atoms with van der Waals surface area (Å²) >= 11 is 1.60. The molecule has 2 aromatic heterocycles. The number of carbonyl (C=O) groups is 1.